The van der Waals surface area contributed by atoms with Crippen molar-refractivity contribution in [3.05, 3.63) is 0 Å². The lowest BCUT2D eigenvalue weighted by molar-refractivity contribution is 0.189. The molecule has 1 saturated carbocycles. The van der Waals surface area contributed by atoms with Crippen molar-refractivity contribution in [1.82, 2.24) is 0 Å². The van der Waals surface area contributed by atoms with E-state index >= 15 is 0 Å². The minimum Gasteiger partial charge on any atom is -0.198 e. The fraction of sp³-hybridized carbons (Fsp3) is 0.929. The Morgan fingerprint density at radius 3 is 2.56 bits per heavy atom. The molecule has 0 heterocycles. The Labute approximate surface area is 105 Å². The first kappa shape index (κ1) is 13.9. The maximum atomic E-state index is 9.40. The molecule has 0 unspecified atom stereocenters. The standard InChI is InChI=1S/C14H25NS/c1-3-5-13-6-9-14(12-15,10-7-13)8-4-11-16-2/h13H,3-11H2,1-2H3. The average molecular weight is 239 g/mol. The van der Waals surface area contributed by atoms with Gasteiger partial charge < -0.3 is 0 Å². The van der Waals surface area contributed by atoms with Crippen molar-refractivity contribution in [3.8, 4) is 6.07 Å². The molecular formula is C14H25NS. The number of thioether (sulfide) groups is 1. The Morgan fingerprint density at radius 2 is 2.06 bits per heavy atom. The quantitative estimate of drug-likeness (QED) is 0.631. The molecule has 0 bridgehead atoms. The Kier molecular flexibility index (Phi) is 6.28. The summed E-state index contributed by atoms with van der Waals surface area (Å²) in [6.07, 6.45) is 12.1. The van der Waals surface area contributed by atoms with E-state index in [0.29, 0.717) is 0 Å². The summed E-state index contributed by atoms with van der Waals surface area (Å²) in [5.74, 6) is 2.12. The number of nitrogens with zero attached hydrogens (tertiary/aromatic N) is 1. The van der Waals surface area contributed by atoms with Gasteiger partial charge in [-0.2, -0.15) is 17.0 Å². The second-order valence-electron chi connectivity index (χ2n) is 5.22. The largest absolute Gasteiger partial charge is 0.198 e. The molecule has 16 heavy (non-hydrogen) atoms. The Hall–Kier alpha value is -0.160. The summed E-state index contributed by atoms with van der Waals surface area (Å²) in [7, 11) is 0. The molecule has 0 saturated heterocycles. The van der Waals surface area contributed by atoms with Gasteiger partial charge in [0.05, 0.1) is 11.5 Å². The van der Waals surface area contributed by atoms with Crippen LogP contribution in [-0.2, 0) is 0 Å². The molecule has 0 amide bonds. The third kappa shape index (κ3) is 4.01. The van der Waals surface area contributed by atoms with Gasteiger partial charge in [0.1, 0.15) is 0 Å². The molecule has 1 aliphatic carbocycles. The number of nitriles is 1. The summed E-state index contributed by atoms with van der Waals surface area (Å²) in [6.45, 7) is 2.27. The summed E-state index contributed by atoms with van der Waals surface area (Å²) >= 11 is 1.90. The van der Waals surface area contributed by atoms with Gasteiger partial charge in [0.15, 0.2) is 0 Å². The predicted molar refractivity (Wildman–Crippen MR) is 72.5 cm³/mol. The van der Waals surface area contributed by atoms with E-state index < -0.39 is 0 Å². The van der Waals surface area contributed by atoms with Crippen LogP contribution in [0, 0.1) is 22.7 Å². The highest BCUT2D eigenvalue weighted by Gasteiger charge is 2.34. The van der Waals surface area contributed by atoms with Gasteiger partial charge in [-0.25, -0.2) is 0 Å². The second kappa shape index (κ2) is 7.22. The summed E-state index contributed by atoms with van der Waals surface area (Å²) < 4.78 is 0. The highest BCUT2D eigenvalue weighted by Crippen LogP contribution is 2.43. The van der Waals surface area contributed by atoms with Crippen LogP contribution in [-0.4, -0.2) is 12.0 Å². The van der Waals surface area contributed by atoms with E-state index in [9.17, 15) is 5.26 Å². The average Bonchev–Trinajstić information content (AvgIpc) is 2.32. The first-order chi connectivity index (χ1) is 7.76. The molecule has 0 radical (unpaired) electrons. The lowest BCUT2D eigenvalue weighted by Crippen LogP contribution is -2.26. The van der Waals surface area contributed by atoms with Crippen LogP contribution in [0.3, 0.4) is 0 Å². The van der Waals surface area contributed by atoms with Gasteiger partial charge in [-0.15, -0.1) is 0 Å². The van der Waals surface area contributed by atoms with Crippen LogP contribution in [0.25, 0.3) is 0 Å². The van der Waals surface area contributed by atoms with Crippen molar-refractivity contribution in [3.63, 3.8) is 0 Å². The SMILES string of the molecule is CCCC1CCC(C#N)(CCCSC)CC1. The summed E-state index contributed by atoms with van der Waals surface area (Å²) in [6, 6.07) is 2.63. The fourth-order valence-corrected chi connectivity index (χ4v) is 3.33. The van der Waals surface area contributed by atoms with Crippen molar-refractivity contribution >= 4 is 11.8 Å². The third-order valence-electron chi connectivity index (χ3n) is 4.00. The predicted octanol–water partition coefficient (Wildman–Crippen LogP) is 4.63. The van der Waals surface area contributed by atoms with E-state index in [4.69, 9.17) is 0 Å². The molecule has 0 aliphatic heterocycles. The maximum absolute atomic E-state index is 9.40. The van der Waals surface area contributed by atoms with Crippen LogP contribution in [0.2, 0.25) is 0 Å². The monoisotopic (exact) mass is 239 g/mol. The molecule has 1 nitrogen and oxygen atoms in total. The number of rotatable bonds is 6. The molecule has 0 spiro atoms. The van der Waals surface area contributed by atoms with Gasteiger partial charge in [-0.05, 0) is 56.5 Å². The van der Waals surface area contributed by atoms with E-state index in [1.54, 1.807) is 0 Å². The van der Waals surface area contributed by atoms with Crippen LogP contribution in [0.1, 0.15) is 58.3 Å². The molecule has 0 aromatic carbocycles. The lowest BCUT2D eigenvalue weighted by atomic mass is 9.68. The topological polar surface area (TPSA) is 23.8 Å². The van der Waals surface area contributed by atoms with Gasteiger partial charge in [0.2, 0.25) is 0 Å². The molecule has 1 fully saturated rings. The summed E-state index contributed by atoms with van der Waals surface area (Å²) in [4.78, 5) is 0. The molecule has 0 aromatic rings. The van der Waals surface area contributed by atoms with Crippen LogP contribution in [0.5, 0.6) is 0 Å². The molecule has 2 heteroatoms. The van der Waals surface area contributed by atoms with Crippen molar-refractivity contribution < 1.29 is 0 Å². The van der Waals surface area contributed by atoms with Gasteiger partial charge >= 0.3 is 0 Å². The van der Waals surface area contributed by atoms with Crippen LogP contribution >= 0.6 is 11.8 Å². The van der Waals surface area contributed by atoms with Gasteiger partial charge in [0, 0.05) is 0 Å². The first-order valence-corrected chi connectivity index (χ1v) is 8.06. The fourth-order valence-electron chi connectivity index (χ4n) is 2.90. The second-order valence-corrected chi connectivity index (χ2v) is 6.21. The van der Waals surface area contributed by atoms with E-state index in [2.05, 4.69) is 19.2 Å². The molecule has 0 aromatic heterocycles. The zero-order chi connectivity index (χ0) is 11.9. The van der Waals surface area contributed by atoms with Gasteiger partial charge in [0.25, 0.3) is 0 Å². The molecule has 1 rings (SSSR count). The van der Waals surface area contributed by atoms with Crippen molar-refractivity contribution in [2.45, 2.75) is 58.3 Å². The Balaban J connectivity index is 2.36. The summed E-state index contributed by atoms with van der Waals surface area (Å²) in [5.41, 5.74) is 0.0416. The number of hydrogen-bond donors (Lipinski definition) is 0. The normalized spacial score (nSPS) is 29.9. The van der Waals surface area contributed by atoms with Gasteiger partial charge in [-0.3, -0.25) is 0 Å². The smallest absolute Gasteiger partial charge is 0.0689 e. The lowest BCUT2D eigenvalue weighted by Gasteiger charge is -2.35. The van der Waals surface area contributed by atoms with Crippen molar-refractivity contribution in [2.24, 2.45) is 11.3 Å². The van der Waals surface area contributed by atoms with Crippen molar-refractivity contribution in [1.29, 1.82) is 5.26 Å². The Morgan fingerprint density at radius 1 is 1.38 bits per heavy atom. The summed E-state index contributed by atoms with van der Waals surface area (Å²) in [5, 5.41) is 9.40. The molecule has 0 N–H and O–H groups in total. The van der Waals surface area contributed by atoms with Crippen molar-refractivity contribution in [2.75, 3.05) is 12.0 Å². The van der Waals surface area contributed by atoms with Crippen LogP contribution < -0.4 is 0 Å². The van der Waals surface area contributed by atoms with Gasteiger partial charge in [-0.1, -0.05) is 19.8 Å². The number of hydrogen-bond acceptors (Lipinski definition) is 2. The van der Waals surface area contributed by atoms with Crippen LogP contribution in [0.4, 0.5) is 0 Å². The highest BCUT2D eigenvalue weighted by atomic mass is 32.2. The molecule has 0 atom stereocenters. The maximum Gasteiger partial charge on any atom is 0.0689 e. The molecule has 92 valence electrons. The minimum absolute atomic E-state index is 0.0416. The third-order valence-corrected chi connectivity index (χ3v) is 4.70. The zero-order valence-electron chi connectivity index (χ0n) is 10.8. The van der Waals surface area contributed by atoms with E-state index in [-0.39, 0.29) is 5.41 Å². The minimum atomic E-state index is 0.0416. The molecule has 1 aliphatic rings. The highest BCUT2D eigenvalue weighted by molar-refractivity contribution is 7.98. The van der Waals surface area contributed by atoms with E-state index in [1.807, 2.05) is 11.8 Å². The molecular weight excluding hydrogens is 214 g/mol. The van der Waals surface area contributed by atoms with E-state index in [1.165, 1.54) is 37.9 Å². The zero-order valence-corrected chi connectivity index (χ0v) is 11.6. The Bertz CT molecular complexity index is 223. The first-order valence-electron chi connectivity index (χ1n) is 6.66. The van der Waals surface area contributed by atoms with Crippen LogP contribution in [0.15, 0.2) is 0 Å². The van der Waals surface area contributed by atoms with E-state index in [0.717, 1.165) is 25.2 Å².